The van der Waals surface area contributed by atoms with E-state index in [9.17, 15) is 19.6 Å². The van der Waals surface area contributed by atoms with Crippen molar-refractivity contribution in [2.24, 2.45) is 0 Å². The fourth-order valence-electron chi connectivity index (χ4n) is 2.43. The molecule has 0 aromatic heterocycles. The minimum atomic E-state index is -1.23. The topological polar surface area (TPSA) is 119 Å². The fourth-order valence-corrected chi connectivity index (χ4v) is 2.43. The molecule has 2 amide bonds. The van der Waals surface area contributed by atoms with E-state index in [1.807, 2.05) is 30.3 Å². The molecular formula is C20H29N3O5. The summed E-state index contributed by atoms with van der Waals surface area (Å²) in [5, 5.41) is 24.5. The van der Waals surface area contributed by atoms with Gasteiger partial charge in [-0.25, -0.2) is 9.86 Å². The minimum absolute atomic E-state index is 0.0282. The van der Waals surface area contributed by atoms with Crippen LogP contribution in [0.2, 0.25) is 0 Å². The third-order valence-corrected chi connectivity index (χ3v) is 3.91. The lowest BCUT2D eigenvalue weighted by Gasteiger charge is -2.12. The second kappa shape index (κ2) is 14.4. The number of nitrogens with zero attached hydrogens (tertiary/aromatic N) is 1. The summed E-state index contributed by atoms with van der Waals surface area (Å²) in [6, 6.07) is 9.39. The van der Waals surface area contributed by atoms with Crippen molar-refractivity contribution in [3.63, 3.8) is 0 Å². The van der Waals surface area contributed by atoms with Crippen LogP contribution in [0.25, 0.3) is 0 Å². The van der Waals surface area contributed by atoms with E-state index < -0.39 is 11.9 Å². The Kier molecular flexibility index (Phi) is 12.0. The highest BCUT2D eigenvalue weighted by atomic mass is 16.5. The molecule has 154 valence electrons. The van der Waals surface area contributed by atoms with Gasteiger partial charge in [0.2, 0.25) is 5.91 Å². The summed E-state index contributed by atoms with van der Waals surface area (Å²) in [5.74, 6) is -1.95. The summed E-state index contributed by atoms with van der Waals surface area (Å²) >= 11 is 0. The van der Waals surface area contributed by atoms with Gasteiger partial charge in [0.1, 0.15) is 0 Å². The average Bonchev–Trinajstić information content (AvgIpc) is 2.68. The van der Waals surface area contributed by atoms with Crippen LogP contribution in [0.4, 0.5) is 5.69 Å². The van der Waals surface area contributed by atoms with Gasteiger partial charge in [-0.3, -0.25) is 14.8 Å². The summed E-state index contributed by atoms with van der Waals surface area (Å²) in [6.07, 6.45) is 6.19. The zero-order chi connectivity index (χ0) is 20.6. The van der Waals surface area contributed by atoms with E-state index in [4.69, 9.17) is 5.11 Å². The summed E-state index contributed by atoms with van der Waals surface area (Å²) in [7, 11) is 0. The number of carboxylic acids is 1. The molecule has 0 spiro atoms. The van der Waals surface area contributed by atoms with E-state index in [2.05, 4.69) is 10.6 Å². The Morgan fingerprint density at radius 1 is 0.929 bits per heavy atom. The second-order valence-corrected chi connectivity index (χ2v) is 6.31. The van der Waals surface area contributed by atoms with Gasteiger partial charge in [-0.1, -0.05) is 24.6 Å². The Hall–Kier alpha value is -2.71. The number of carboxylic acid groups (broad SMARTS) is 1. The molecule has 0 bridgehead atoms. The third kappa shape index (κ3) is 11.8. The highest BCUT2D eigenvalue weighted by Gasteiger charge is 2.07. The predicted octanol–water partition coefficient (Wildman–Crippen LogP) is 2.41. The van der Waals surface area contributed by atoms with Gasteiger partial charge in [0, 0.05) is 30.8 Å². The Balaban J connectivity index is 1.93. The number of hydrogen-bond donors (Lipinski definition) is 4. The van der Waals surface area contributed by atoms with Gasteiger partial charge in [-0.05, 0) is 50.9 Å². The van der Waals surface area contributed by atoms with E-state index in [0.717, 1.165) is 50.5 Å². The molecule has 1 aromatic rings. The number of carbonyl (C=O) groups is 3. The third-order valence-electron chi connectivity index (χ3n) is 3.91. The Morgan fingerprint density at radius 2 is 1.61 bits per heavy atom. The van der Waals surface area contributed by atoms with Crippen LogP contribution < -0.4 is 10.6 Å². The number of amides is 2. The van der Waals surface area contributed by atoms with E-state index in [0.29, 0.717) is 24.0 Å². The molecule has 8 nitrogen and oxygen atoms in total. The molecule has 0 aliphatic heterocycles. The van der Waals surface area contributed by atoms with Crippen molar-refractivity contribution in [3.05, 3.63) is 42.5 Å². The summed E-state index contributed by atoms with van der Waals surface area (Å²) in [5.41, 5.74) is 0.815. The van der Waals surface area contributed by atoms with Crippen LogP contribution in [-0.4, -0.2) is 52.8 Å². The maximum Gasteiger partial charge on any atom is 0.328 e. The Bertz CT molecular complexity index is 634. The van der Waals surface area contributed by atoms with Crippen LogP contribution in [0, 0.1) is 0 Å². The van der Waals surface area contributed by atoms with Gasteiger partial charge < -0.3 is 15.7 Å². The first-order valence-electron chi connectivity index (χ1n) is 9.46. The molecule has 0 aliphatic carbocycles. The minimum Gasteiger partial charge on any atom is -0.478 e. The molecule has 28 heavy (non-hydrogen) atoms. The maximum atomic E-state index is 11.8. The molecule has 0 saturated carbocycles. The summed E-state index contributed by atoms with van der Waals surface area (Å²) in [6.45, 7) is 1.77. The number of benzene rings is 1. The molecule has 0 aliphatic rings. The number of carbonyl (C=O) groups excluding carboxylic acids is 2. The molecule has 0 unspecified atom stereocenters. The predicted molar refractivity (Wildman–Crippen MR) is 106 cm³/mol. The molecule has 0 saturated heterocycles. The summed E-state index contributed by atoms with van der Waals surface area (Å²) < 4.78 is 0. The number of unbranched alkanes of at least 4 members (excludes halogenated alkanes) is 3. The van der Waals surface area contributed by atoms with Crippen molar-refractivity contribution in [2.75, 3.05) is 25.0 Å². The number of para-hydroxylation sites is 1. The quantitative estimate of drug-likeness (QED) is 0.167. The number of rotatable bonds is 14. The van der Waals surface area contributed by atoms with E-state index in [-0.39, 0.29) is 12.5 Å². The number of hydrogen-bond acceptors (Lipinski definition) is 5. The number of hydroxylamine groups is 2. The second-order valence-electron chi connectivity index (χ2n) is 6.31. The van der Waals surface area contributed by atoms with Crippen LogP contribution in [0.5, 0.6) is 0 Å². The molecule has 0 radical (unpaired) electrons. The Morgan fingerprint density at radius 3 is 2.29 bits per heavy atom. The standard InChI is InChI=1S/C20H29N3O5/c24-18(22-17-9-3-1-4-10-17)11-5-2-6-14-21-15-7-8-16-23(28)19(25)12-13-20(26)27/h1,3-4,9-10,12-13,21,28H,2,5-8,11,14-16H2,(H,22,24)(H,26,27)/b13-12+. The maximum absolute atomic E-state index is 11.8. The van der Waals surface area contributed by atoms with E-state index in [1.165, 1.54) is 0 Å². The first-order valence-corrected chi connectivity index (χ1v) is 9.46. The van der Waals surface area contributed by atoms with Crippen molar-refractivity contribution >= 4 is 23.5 Å². The first-order chi connectivity index (χ1) is 13.5. The average molecular weight is 391 g/mol. The number of aliphatic carboxylic acids is 1. The zero-order valence-electron chi connectivity index (χ0n) is 16.0. The smallest absolute Gasteiger partial charge is 0.328 e. The van der Waals surface area contributed by atoms with Crippen molar-refractivity contribution in [1.82, 2.24) is 10.4 Å². The largest absolute Gasteiger partial charge is 0.478 e. The van der Waals surface area contributed by atoms with Crippen molar-refractivity contribution < 1.29 is 24.7 Å². The van der Waals surface area contributed by atoms with Crippen molar-refractivity contribution in [3.8, 4) is 0 Å². The molecule has 0 fully saturated rings. The van der Waals surface area contributed by atoms with Gasteiger partial charge in [0.05, 0.1) is 0 Å². The lowest BCUT2D eigenvalue weighted by Crippen LogP contribution is -2.27. The van der Waals surface area contributed by atoms with Gasteiger partial charge in [0.25, 0.3) is 5.91 Å². The fraction of sp³-hybridized carbons (Fsp3) is 0.450. The normalized spacial score (nSPS) is 10.8. The van der Waals surface area contributed by atoms with E-state index in [1.54, 1.807) is 0 Å². The van der Waals surface area contributed by atoms with Crippen LogP contribution in [0.15, 0.2) is 42.5 Å². The van der Waals surface area contributed by atoms with Gasteiger partial charge in [-0.15, -0.1) is 0 Å². The van der Waals surface area contributed by atoms with Gasteiger partial charge >= 0.3 is 5.97 Å². The van der Waals surface area contributed by atoms with Crippen LogP contribution in [0.1, 0.15) is 38.5 Å². The molecule has 1 aromatic carbocycles. The SMILES string of the molecule is O=C(O)/C=C/C(=O)N(O)CCCCNCCCCCC(=O)Nc1ccccc1. The molecule has 0 heterocycles. The monoisotopic (exact) mass is 391 g/mol. The van der Waals surface area contributed by atoms with Gasteiger partial charge in [0.15, 0.2) is 0 Å². The van der Waals surface area contributed by atoms with Crippen molar-refractivity contribution in [2.45, 2.75) is 38.5 Å². The van der Waals surface area contributed by atoms with E-state index >= 15 is 0 Å². The Labute approximate surface area is 165 Å². The summed E-state index contributed by atoms with van der Waals surface area (Å²) in [4.78, 5) is 33.4. The molecule has 8 heteroatoms. The van der Waals surface area contributed by atoms with Gasteiger partial charge in [-0.2, -0.15) is 0 Å². The lowest BCUT2D eigenvalue weighted by molar-refractivity contribution is -0.159. The lowest BCUT2D eigenvalue weighted by atomic mass is 10.2. The highest BCUT2D eigenvalue weighted by Crippen LogP contribution is 2.07. The van der Waals surface area contributed by atoms with Crippen LogP contribution in [0.3, 0.4) is 0 Å². The van der Waals surface area contributed by atoms with Crippen LogP contribution in [-0.2, 0) is 14.4 Å². The number of nitrogens with one attached hydrogen (secondary N) is 2. The number of anilines is 1. The molecular weight excluding hydrogens is 362 g/mol. The van der Waals surface area contributed by atoms with Crippen LogP contribution >= 0.6 is 0 Å². The first kappa shape index (κ1) is 23.3. The molecule has 4 N–H and O–H groups in total. The molecule has 1 rings (SSSR count). The highest BCUT2D eigenvalue weighted by molar-refractivity contribution is 5.93. The van der Waals surface area contributed by atoms with Crippen molar-refractivity contribution in [1.29, 1.82) is 0 Å². The zero-order valence-corrected chi connectivity index (χ0v) is 16.0. The molecule has 0 atom stereocenters.